The topological polar surface area (TPSA) is 64.1 Å². The molecule has 1 heterocycles. The maximum Gasteiger partial charge on any atom is 0.260 e. The summed E-state index contributed by atoms with van der Waals surface area (Å²) in [5.74, 6) is 0.833. The molecule has 0 aliphatic rings. The number of ether oxygens (including phenoxy) is 3. The normalized spacial score (nSPS) is 11.2. The zero-order valence-corrected chi connectivity index (χ0v) is 21.9. The minimum Gasteiger partial charge on any atom is -0.490 e. The molecule has 1 aromatic heterocycles. The Morgan fingerprint density at radius 1 is 0.914 bits per heavy atom. The second-order valence-electron chi connectivity index (χ2n) is 7.69. The van der Waals surface area contributed by atoms with Gasteiger partial charge in [0.2, 0.25) is 5.75 Å². The molecule has 0 N–H and O–H groups in total. The minimum atomic E-state index is -0.331. The molecule has 190 valence electrons. The first-order valence-electron chi connectivity index (χ1n) is 12.1. The van der Waals surface area contributed by atoms with E-state index in [-0.39, 0.29) is 11.7 Å². The van der Waals surface area contributed by atoms with Crippen molar-refractivity contribution in [2.45, 2.75) is 34.6 Å². The molecule has 0 radical (unpaired) electrons. The number of carbonyl (C=O) groups excluding carboxylic acids is 1. The van der Waals surface area contributed by atoms with Crippen molar-refractivity contribution in [2.75, 3.05) is 50.9 Å². The third-order valence-corrected chi connectivity index (χ3v) is 6.55. The van der Waals surface area contributed by atoms with Crippen molar-refractivity contribution in [3.63, 3.8) is 0 Å². The minimum absolute atomic E-state index is 0.235. The SMILES string of the molecule is CCOc1cc(C(=O)N(CCN(CC)CC)c2nc3ccc(F)cc3s2)cc(OCC)c1OCC. The van der Waals surface area contributed by atoms with Gasteiger partial charge in [-0.3, -0.25) is 9.69 Å². The van der Waals surface area contributed by atoms with E-state index in [9.17, 15) is 9.18 Å². The number of thiazole rings is 1. The number of likely N-dealkylation sites (N-methyl/N-ethyl adjacent to an activating group) is 1. The number of aromatic nitrogens is 1. The molecule has 0 bridgehead atoms. The lowest BCUT2D eigenvalue weighted by atomic mass is 10.1. The number of nitrogens with zero attached hydrogens (tertiary/aromatic N) is 3. The van der Waals surface area contributed by atoms with Crippen LogP contribution in [0.25, 0.3) is 10.2 Å². The highest BCUT2D eigenvalue weighted by molar-refractivity contribution is 7.22. The molecule has 0 spiro atoms. The van der Waals surface area contributed by atoms with Crippen LogP contribution in [-0.4, -0.2) is 61.8 Å². The van der Waals surface area contributed by atoms with Gasteiger partial charge in [0.15, 0.2) is 16.6 Å². The molecule has 0 fully saturated rings. The molecular formula is C26H34FN3O4S. The number of amides is 1. The number of hydrogen-bond donors (Lipinski definition) is 0. The smallest absolute Gasteiger partial charge is 0.260 e. The van der Waals surface area contributed by atoms with Gasteiger partial charge in [-0.25, -0.2) is 9.37 Å². The largest absolute Gasteiger partial charge is 0.490 e. The van der Waals surface area contributed by atoms with Crippen molar-refractivity contribution in [3.8, 4) is 17.2 Å². The van der Waals surface area contributed by atoms with Gasteiger partial charge in [0, 0.05) is 18.7 Å². The standard InChI is InChI=1S/C26H34FN3O4S/c1-6-29(7-2)13-14-30(26-28-20-12-11-19(27)17-23(20)35-26)25(31)18-15-21(32-8-3)24(34-10-5)22(16-18)33-9-4/h11-12,15-17H,6-10,13-14H2,1-5H3. The Morgan fingerprint density at radius 2 is 1.54 bits per heavy atom. The number of benzene rings is 2. The third kappa shape index (κ3) is 6.41. The summed E-state index contributed by atoms with van der Waals surface area (Å²) in [6, 6.07) is 7.84. The Hall–Kier alpha value is -2.91. The number of anilines is 1. The zero-order chi connectivity index (χ0) is 25.4. The number of fused-ring (bicyclic) bond motifs is 1. The Bertz CT molecular complexity index is 1110. The van der Waals surface area contributed by atoms with Crippen LogP contribution in [0.4, 0.5) is 9.52 Å². The van der Waals surface area contributed by atoms with Gasteiger partial charge in [-0.1, -0.05) is 25.2 Å². The fourth-order valence-corrected chi connectivity index (χ4v) is 4.75. The van der Waals surface area contributed by atoms with Gasteiger partial charge in [-0.05, 0) is 64.2 Å². The lowest BCUT2D eigenvalue weighted by Crippen LogP contribution is -2.38. The molecule has 9 heteroatoms. The Morgan fingerprint density at radius 3 is 2.11 bits per heavy atom. The fourth-order valence-electron chi connectivity index (χ4n) is 3.74. The van der Waals surface area contributed by atoms with Crippen LogP contribution in [0.3, 0.4) is 0 Å². The van der Waals surface area contributed by atoms with Crippen LogP contribution in [0.5, 0.6) is 17.2 Å². The van der Waals surface area contributed by atoms with Gasteiger partial charge < -0.3 is 19.1 Å². The predicted molar refractivity (Wildman–Crippen MR) is 139 cm³/mol. The van der Waals surface area contributed by atoms with Crippen molar-refractivity contribution in [1.82, 2.24) is 9.88 Å². The predicted octanol–water partition coefficient (Wildman–Crippen LogP) is 5.62. The lowest BCUT2D eigenvalue weighted by Gasteiger charge is -2.25. The Balaban J connectivity index is 2.06. The first-order valence-corrected chi connectivity index (χ1v) is 12.9. The Labute approximate surface area is 210 Å². The molecule has 7 nitrogen and oxygen atoms in total. The van der Waals surface area contributed by atoms with E-state index in [4.69, 9.17) is 14.2 Å². The molecule has 3 rings (SSSR count). The summed E-state index contributed by atoms with van der Waals surface area (Å²) in [5.41, 5.74) is 1.06. The summed E-state index contributed by atoms with van der Waals surface area (Å²) < 4.78 is 31.9. The molecule has 0 saturated carbocycles. The van der Waals surface area contributed by atoms with Gasteiger partial charge in [0.25, 0.3) is 5.91 Å². The lowest BCUT2D eigenvalue weighted by molar-refractivity contribution is 0.0982. The second-order valence-corrected chi connectivity index (χ2v) is 8.70. The van der Waals surface area contributed by atoms with Crippen LogP contribution in [-0.2, 0) is 0 Å². The van der Waals surface area contributed by atoms with Gasteiger partial charge in [0.05, 0.1) is 30.0 Å². The maximum absolute atomic E-state index is 13.9. The van der Waals surface area contributed by atoms with E-state index in [1.807, 2.05) is 20.8 Å². The quantitative estimate of drug-likeness (QED) is 0.302. The highest BCUT2D eigenvalue weighted by atomic mass is 32.1. The van der Waals surface area contributed by atoms with Gasteiger partial charge in [-0.15, -0.1) is 0 Å². The third-order valence-electron chi connectivity index (χ3n) is 5.51. The van der Waals surface area contributed by atoms with Crippen molar-refractivity contribution >= 4 is 32.6 Å². The van der Waals surface area contributed by atoms with Crippen molar-refractivity contribution in [3.05, 3.63) is 41.7 Å². The van der Waals surface area contributed by atoms with Crippen molar-refractivity contribution < 1.29 is 23.4 Å². The number of halogens is 1. The van der Waals surface area contributed by atoms with Crippen LogP contribution in [0.1, 0.15) is 45.0 Å². The molecule has 0 aliphatic heterocycles. The van der Waals surface area contributed by atoms with E-state index in [1.165, 1.54) is 23.5 Å². The van der Waals surface area contributed by atoms with E-state index >= 15 is 0 Å². The van der Waals surface area contributed by atoms with E-state index in [2.05, 4.69) is 23.7 Å². The molecule has 3 aromatic rings. The van der Waals surface area contributed by atoms with Crippen LogP contribution in [0, 0.1) is 5.82 Å². The van der Waals surface area contributed by atoms with E-state index in [0.29, 0.717) is 71.1 Å². The van der Waals surface area contributed by atoms with Crippen LogP contribution < -0.4 is 19.1 Å². The van der Waals surface area contributed by atoms with Gasteiger partial charge in [-0.2, -0.15) is 0 Å². The molecule has 0 aliphatic carbocycles. The van der Waals surface area contributed by atoms with Gasteiger partial charge >= 0.3 is 0 Å². The van der Waals surface area contributed by atoms with Crippen LogP contribution in [0.2, 0.25) is 0 Å². The molecule has 0 unspecified atom stereocenters. The van der Waals surface area contributed by atoms with Gasteiger partial charge in [0.1, 0.15) is 5.82 Å². The number of rotatable bonds is 13. The maximum atomic E-state index is 13.9. The summed E-state index contributed by atoms with van der Waals surface area (Å²) in [4.78, 5) is 22.4. The zero-order valence-electron chi connectivity index (χ0n) is 21.1. The van der Waals surface area contributed by atoms with Crippen molar-refractivity contribution in [1.29, 1.82) is 0 Å². The highest BCUT2D eigenvalue weighted by Gasteiger charge is 2.25. The first-order chi connectivity index (χ1) is 16.9. The Kier molecular flexibility index (Phi) is 9.68. The summed E-state index contributed by atoms with van der Waals surface area (Å²) in [6.45, 7) is 13.9. The first kappa shape index (κ1) is 26.7. The molecular weight excluding hydrogens is 469 g/mol. The average molecular weight is 504 g/mol. The summed E-state index contributed by atoms with van der Waals surface area (Å²) in [6.07, 6.45) is 0. The average Bonchev–Trinajstić information content (AvgIpc) is 3.26. The molecule has 0 atom stereocenters. The van der Waals surface area contributed by atoms with E-state index < -0.39 is 0 Å². The molecule has 1 amide bonds. The van der Waals surface area contributed by atoms with Crippen molar-refractivity contribution in [2.24, 2.45) is 0 Å². The monoisotopic (exact) mass is 503 g/mol. The summed E-state index contributed by atoms with van der Waals surface area (Å²) in [7, 11) is 0. The van der Waals surface area contributed by atoms with E-state index in [1.54, 1.807) is 23.1 Å². The second kappa shape index (κ2) is 12.7. The number of hydrogen-bond acceptors (Lipinski definition) is 7. The van der Waals surface area contributed by atoms with Crippen LogP contribution >= 0.6 is 11.3 Å². The molecule has 2 aromatic carbocycles. The fraction of sp³-hybridized carbons (Fsp3) is 0.462. The van der Waals surface area contributed by atoms with Crippen LogP contribution in [0.15, 0.2) is 30.3 Å². The molecule has 35 heavy (non-hydrogen) atoms. The highest BCUT2D eigenvalue weighted by Crippen LogP contribution is 2.40. The number of carbonyl (C=O) groups is 1. The summed E-state index contributed by atoms with van der Waals surface area (Å²) in [5, 5.41) is 0.521. The summed E-state index contributed by atoms with van der Waals surface area (Å²) >= 11 is 1.30. The van der Waals surface area contributed by atoms with E-state index in [0.717, 1.165) is 13.1 Å². The molecule has 0 saturated heterocycles.